The summed E-state index contributed by atoms with van der Waals surface area (Å²) in [7, 11) is -0.138. The van der Waals surface area contributed by atoms with Crippen LogP contribution in [0.15, 0.2) is 42.6 Å². The van der Waals surface area contributed by atoms with Crippen molar-refractivity contribution in [2.75, 3.05) is 30.8 Å². The molecule has 1 aromatic heterocycles. The van der Waals surface area contributed by atoms with Gasteiger partial charge in [-0.3, -0.25) is 4.79 Å². The monoisotopic (exact) mass is 564 g/mol. The second kappa shape index (κ2) is 11.7. The third kappa shape index (κ3) is 6.54. The summed E-state index contributed by atoms with van der Waals surface area (Å²) in [5, 5.41) is 15.6. The van der Waals surface area contributed by atoms with E-state index < -0.39 is 14.1 Å². The molecule has 3 N–H and O–H groups in total. The first-order valence-electron chi connectivity index (χ1n) is 13.8. The summed E-state index contributed by atoms with van der Waals surface area (Å²) >= 11 is 0. The van der Waals surface area contributed by atoms with Crippen LogP contribution in [0.5, 0.6) is 5.75 Å². The average molecular weight is 565 g/mol. The highest BCUT2D eigenvalue weighted by Gasteiger charge is 2.39. The van der Waals surface area contributed by atoms with Gasteiger partial charge < -0.3 is 25.1 Å². The Bertz CT molecular complexity index is 1400. The highest BCUT2D eigenvalue weighted by molar-refractivity contribution is 6.74. The normalized spacial score (nSPS) is 13.4. The van der Waals surface area contributed by atoms with Crippen LogP contribution in [0.3, 0.4) is 0 Å². The lowest BCUT2D eigenvalue weighted by molar-refractivity contribution is 0.0995. The smallest absolute Gasteiger partial charge is 0.250 e. The number of carbonyl (C=O) groups excluding carboxylic acids is 1. The van der Waals surface area contributed by atoms with Crippen LogP contribution >= 0.6 is 0 Å². The molecular formula is C31H41FN4O3Si. The molecule has 0 radical (unpaired) electrons. The fraction of sp³-hybridized carbons (Fsp3) is 0.419. The van der Waals surface area contributed by atoms with Gasteiger partial charge in [0, 0.05) is 44.1 Å². The summed E-state index contributed by atoms with van der Waals surface area (Å²) in [6.45, 7) is 14.3. The van der Waals surface area contributed by atoms with Crippen molar-refractivity contribution in [1.29, 1.82) is 0 Å². The highest BCUT2D eigenvalue weighted by Crippen LogP contribution is 2.40. The van der Waals surface area contributed by atoms with Crippen LogP contribution in [0.25, 0.3) is 0 Å². The topological polar surface area (TPSA) is 86.7 Å². The molecule has 3 aromatic rings. The minimum atomic E-state index is -2.15. The SMILES string of the molecule is Cc1cc(F)c(Nc2ccnc3c2C(=O)Cc2cc(CN(C)CCCO)ccc2N3)cc1O[Si](C)(C)C(C)(C)C. The lowest BCUT2D eigenvalue weighted by Gasteiger charge is -2.37. The Labute approximate surface area is 237 Å². The average Bonchev–Trinajstić information content (AvgIpc) is 3.00. The molecule has 0 atom stereocenters. The molecule has 2 heterocycles. The molecule has 1 aliphatic rings. The first-order chi connectivity index (χ1) is 18.8. The number of aromatic nitrogens is 1. The molecule has 0 amide bonds. The standard InChI is InChI=1S/C31H41FN4O3Si/c1-20-15-23(32)26(18-28(20)39-40(6,7)31(2,3)4)34-25-11-12-33-30-29(25)27(38)17-22-16-21(9-10-24(22)35-30)19-36(5)13-8-14-37/h9-12,15-16,18,37H,8,13-14,17,19H2,1-7H3,(H2,33,34,35). The Hall–Kier alpha value is -3.27. The first-order valence-corrected chi connectivity index (χ1v) is 16.7. The van der Waals surface area contributed by atoms with Crippen molar-refractivity contribution in [2.24, 2.45) is 0 Å². The number of ketones is 1. The second-order valence-corrected chi connectivity index (χ2v) is 16.9. The maximum Gasteiger partial charge on any atom is 0.250 e. The molecule has 7 nitrogen and oxygen atoms in total. The summed E-state index contributed by atoms with van der Waals surface area (Å²) in [6, 6.07) is 10.9. The zero-order valence-corrected chi connectivity index (χ0v) is 25.6. The maximum absolute atomic E-state index is 15.2. The number of fused-ring (bicyclic) bond motifs is 2. The minimum Gasteiger partial charge on any atom is -0.543 e. The van der Waals surface area contributed by atoms with Gasteiger partial charge in [0.2, 0.25) is 8.32 Å². The van der Waals surface area contributed by atoms with Crippen LogP contribution in [0.2, 0.25) is 18.1 Å². The van der Waals surface area contributed by atoms with E-state index in [0.717, 1.165) is 28.9 Å². The van der Waals surface area contributed by atoms with Gasteiger partial charge >= 0.3 is 0 Å². The van der Waals surface area contributed by atoms with Crippen molar-refractivity contribution >= 4 is 37.0 Å². The van der Waals surface area contributed by atoms with E-state index in [1.165, 1.54) is 6.07 Å². The molecule has 0 bridgehead atoms. The van der Waals surface area contributed by atoms with Crippen molar-refractivity contribution in [3.05, 3.63) is 70.7 Å². The number of hydrogen-bond donors (Lipinski definition) is 3. The summed E-state index contributed by atoms with van der Waals surface area (Å²) in [4.78, 5) is 20.2. The number of aliphatic hydroxyl groups excluding tert-OH is 1. The van der Waals surface area contributed by atoms with Crippen LogP contribution in [-0.2, 0) is 13.0 Å². The molecule has 2 aromatic carbocycles. The van der Waals surface area contributed by atoms with Crippen molar-refractivity contribution in [2.45, 2.75) is 65.2 Å². The van der Waals surface area contributed by atoms with Gasteiger partial charge in [0.05, 0.1) is 16.9 Å². The van der Waals surface area contributed by atoms with Gasteiger partial charge in [0.15, 0.2) is 5.78 Å². The third-order valence-electron chi connectivity index (χ3n) is 7.86. The molecule has 0 unspecified atom stereocenters. The van der Waals surface area contributed by atoms with E-state index in [2.05, 4.69) is 54.4 Å². The van der Waals surface area contributed by atoms with Crippen molar-refractivity contribution < 1.29 is 18.7 Å². The van der Waals surface area contributed by atoms with Gasteiger partial charge in [-0.05, 0) is 73.4 Å². The van der Waals surface area contributed by atoms with E-state index in [1.807, 2.05) is 32.2 Å². The number of aryl methyl sites for hydroxylation is 1. The number of anilines is 4. The number of aliphatic hydroxyl groups is 1. The molecule has 0 fully saturated rings. The lowest BCUT2D eigenvalue weighted by Crippen LogP contribution is -2.44. The number of nitrogens with zero attached hydrogens (tertiary/aromatic N) is 2. The molecule has 0 saturated heterocycles. The summed E-state index contributed by atoms with van der Waals surface area (Å²) in [5.41, 5.74) is 4.65. The zero-order valence-electron chi connectivity index (χ0n) is 24.6. The number of halogens is 1. The quantitative estimate of drug-likeness (QED) is 0.242. The van der Waals surface area contributed by atoms with Crippen LogP contribution < -0.4 is 15.1 Å². The molecule has 9 heteroatoms. The molecule has 4 rings (SSSR count). The Morgan fingerprint density at radius 1 is 1.18 bits per heavy atom. The highest BCUT2D eigenvalue weighted by atomic mass is 28.4. The first kappa shape index (κ1) is 29.7. The largest absolute Gasteiger partial charge is 0.543 e. The number of pyridine rings is 1. The van der Waals surface area contributed by atoms with E-state index in [4.69, 9.17) is 9.53 Å². The van der Waals surface area contributed by atoms with Gasteiger partial charge in [-0.15, -0.1) is 0 Å². The van der Waals surface area contributed by atoms with Gasteiger partial charge in [0.1, 0.15) is 17.4 Å². The number of hydrogen-bond acceptors (Lipinski definition) is 7. The van der Waals surface area contributed by atoms with Crippen LogP contribution in [-0.4, -0.2) is 49.3 Å². The van der Waals surface area contributed by atoms with E-state index in [0.29, 0.717) is 35.8 Å². The number of Topliss-reactive ketones (excluding diaryl/α,β-unsaturated/α-hetero) is 1. The van der Waals surface area contributed by atoms with E-state index in [1.54, 1.807) is 18.3 Å². The summed E-state index contributed by atoms with van der Waals surface area (Å²) in [6.07, 6.45) is 2.51. The van der Waals surface area contributed by atoms with E-state index in [-0.39, 0.29) is 29.5 Å². The number of carbonyl (C=O) groups is 1. The van der Waals surface area contributed by atoms with Crippen LogP contribution in [0.1, 0.15) is 54.2 Å². The van der Waals surface area contributed by atoms with Gasteiger partial charge in [-0.2, -0.15) is 0 Å². The fourth-order valence-electron chi connectivity index (χ4n) is 4.51. The molecule has 40 heavy (non-hydrogen) atoms. The Kier molecular flexibility index (Phi) is 8.68. The maximum atomic E-state index is 15.2. The number of nitrogens with one attached hydrogen (secondary N) is 2. The van der Waals surface area contributed by atoms with Gasteiger partial charge in [-0.1, -0.05) is 32.9 Å². The molecule has 0 aliphatic carbocycles. The van der Waals surface area contributed by atoms with Gasteiger partial charge in [-0.25, -0.2) is 9.37 Å². The molecule has 0 saturated carbocycles. The van der Waals surface area contributed by atoms with Crippen LogP contribution in [0, 0.1) is 12.7 Å². The second-order valence-electron chi connectivity index (χ2n) is 12.2. The third-order valence-corrected chi connectivity index (χ3v) is 12.2. The van der Waals surface area contributed by atoms with E-state index in [9.17, 15) is 4.79 Å². The predicted molar refractivity (Wildman–Crippen MR) is 162 cm³/mol. The van der Waals surface area contributed by atoms with Gasteiger partial charge in [0.25, 0.3) is 0 Å². The Morgan fingerprint density at radius 3 is 2.62 bits per heavy atom. The Morgan fingerprint density at radius 2 is 1.93 bits per heavy atom. The van der Waals surface area contributed by atoms with Crippen molar-refractivity contribution in [3.8, 4) is 5.75 Å². The molecular weight excluding hydrogens is 523 g/mol. The Balaban J connectivity index is 1.62. The molecule has 1 aliphatic heterocycles. The van der Waals surface area contributed by atoms with Crippen molar-refractivity contribution in [3.63, 3.8) is 0 Å². The number of benzene rings is 2. The number of rotatable bonds is 9. The lowest BCUT2D eigenvalue weighted by atomic mass is 10.0. The summed E-state index contributed by atoms with van der Waals surface area (Å²) < 4.78 is 21.7. The minimum absolute atomic E-state index is 0.00829. The van der Waals surface area contributed by atoms with Crippen molar-refractivity contribution in [1.82, 2.24) is 9.88 Å². The zero-order chi connectivity index (χ0) is 29.2. The van der Waals surface area contributed by atoms with E-state index >= 15 is 4.39 Å². The fourth-order valence-corrected chi connectivity index (χ4v) is 5.58. The summed E-state index contributed by atoms with van der Waals surface area (Å²) in [5.74, 6) is 0.557. The van der Waals surface area contributed by atoms with Crippen LogP contribution in [0.4, 0.5) is 27.3 Å². The molecule has 0 spiro atoms. The molecule has 214 valence electrons. The predicted octanol–water partition coefficient (Wildman–Crippen LogP) is 6.95.